The lowest BCUT2D eigenvalue weighted by Crippen LogP contribution is -2.48. The maximum Gasteiger partial charge on any atom is 0.425 e. The van der Waals surface area contributed by atoms with Crippen molar-refractivity contribution in [2.45, 2.75) is 37.6 Å². The standard InChI is InChI=1S/C23H18F6N4O5/c1-22(8-18(23(27,28)29)37-20(32-22)31-21(34)35)13-6-11(2-4-14(13)24)17-7-16(33-38-17)15-5-3-12(9-30-15)36-10-19(25)26/h2-7,9,18-19H,8,10H2,1H3,(H,31,32)(H,34,35)/t18-,22-/m0/s1. The smallest absolute Gasteiger partial charge is 0.425 e. The number of aromatic nitrogens is 2. The predicted molar refractivity (Wildman–Crippen MR) is 118 cm³/mol. The van der Waals surface area contributed by atoms with E-state index in [9.17, 15) is 31.1 Å². The number of carboxylic acid groups (broad SMARTS) is 1. The van der Waals surface area contributed by atoms with Gasteiger partial charge in [0.2, 0.25) is 0 Å². The Morgan fingerprint density at radius 3 is 2.63 bits per heavy atom. The Labute approximate surface area is 210 Å². The minimum absolute atomic E-state index is 0.108. The molecule has 1 aliphatic heterocycles. The first-order chi connectivity index (χ1) is 17.8. The molecule has 3 heterocycles. The summed E-state index contributed by atoms with van der Waals surface area (Å²) in [4.78, 5) is 19.0. The molecule has 0 bridgehead atoms. The molecule has 3 aromatic rings. The van der Waals surface area contributed by atoms with Crippen molar-refractivity contribution in [1.82, 2.24) is 15.5 Å². The Hall–Kier alpha value is -4.30. The van der Waals surface area contributed by atoms with Crippen LogP contribution in [0.3, 0.4) is 0 Å². The number of hydrogen-bond donors (Lipinski definition) is 2. The second-order valence-electron chi connectivity index (χ2n) is 8.33. The molecule has 15 heteroatoms. The number of amidine groups is 1. The van der Waals surface area contributed by atoms with E-state index in [0.717, 1.165) is 6.07 Å². The molecule has 0 spiro atoms. The molecule has 0 radical (unpaired) electrons. The number of rotatable bonds is 6. The number of aliphatic imine (C=N–C) groups is 1. The normalized spacial score (nSPS) is 19.6. The fourth-order valence-electron chi connectivity index (χ4n) is 3.73. The maximum absolute atomic E-state index is 14.9. The van der Waals surface area contributed by atoms with Crippen molar-refractivity contribution in [3.05, 3.63) is 54.0 Å². The van der Waals surface area contributed by atoms with Gasteiger partial charge in [-0.2, -0.15) is 13.2 Å². The summed E-state index contributed by atoms with van der Waals surface area (Å²) in [5, 5.41) is 14.4. The lowest BCUT2D eigenvalue weighted by molar-refractivity contribution is -0.208. The minimum Gasteiger partial charge on any atom is -0.486 e. The molecule has 1 amide bonds. The topological polar surface area (TPSA) is 119 Å². The van der Waals surface area contributed by atoms with Gasteiger partial charge in [0, 0.05) is 23.6 Å². The summed E-state index contributed by atoms with van der Waals surface area (Å²) in [6.07, 6.45) is -11.3. The molecule has 0 unspecified atom stereocenters. The summed E-state index contributed by atoms with van der Waals surface area (Å²) in [7, 11) is 0. The molecular weight excluding hydrogens is 526 g/mol. The highest BCUT2D eigenvalue weighted by atomic mass is 19.4. The number of hydrogen-bond acceptors (Lipinski definition) is 7. The van der Waals surface area contributed by atoms with Crippen LogP contribution in [-0.2, 0) is 10.3 Å². The van der Waals surface area contributed by atoms with Gasteiger partial charge < -0.3 is 19.1 Å². The second-order valence-corrected chi connectivity index (χ2v) is 8.33. The first-order valence-corrected chi connectivity index (χ1v) is 10.8. The first kappa shape index (κ1) is 26.8. The molecular formula is C23H18F6N4O5. The first-order valence-electron chi connectivity index (χ1n) is 10.8. The zero-order chi connectivity index (χ0) is 27.7. The van der Waals surface area contributed by atoms with E-state index in [0.29, 0.717) is 5.69 Å². The molecule has 4 rings (SSSR count). The minimum atomic E-state index is -4.89. The number of nitrogens with zero attached hydrogens (tertiary/aromatic N) is 3. The monoisotopic (exact) mass is 544 g/mol. The fraction of sp³-hybridized carbons (Fsp3) is 0.304. The van der Waals surface area contributed by atoms with Gasteiger partial charge in [0.25, 0.3) is 12.4 Å². The molecule has 0 saturated carbocycles. The third-order valence-corrected chi connectivity index (χ3v) is 5.48. The number of amides is 1. The number of carbonyl (C=O) groups is 1. The van der Waals surface area contributed by atoms with Crippen molar-refractivity contribution in [2.75, 3.05) is 6.61 Å². The van der Waals surface area contributed by atoms with Crippen LogP contribution in [0.4, 0.5) is 31.1 Å². The number of alkyl halides is 5. The van der Waals surface area contributed by atoms with Gasteiger partial charge in [-0.05, 0) is 37.3 Å². The zero-order valence-electron chi connectivity index (χ0n) is 19.3. The number of halogens is 6. The summed E-state index contributed by atoms with van der Waals surface area (Å²) >= 11 is 0. The van der Waals surface area contributed by atoms with Crippen LogP contribution in [0.25, 0.3) is 22.7 Å². The van der Waals surface area contributed by atoms with Crippen molar-refractivity contribution in [3.8, 4) is 28.5 Å². The summed E-state index contributed by atoms with van der Waals surface area (Å²) < 4.78 is 94.8. The van der Waals surface area contributed by atoms with Gasteiger partial charge in [0.05, 0.1) is 17.4 Å². The van der Waals surface area contributed by atoms with Crippen LogP contribution in [0.15, 0.2) is 52.1 Å². The molecule has 38 heavy (non-hydrogen) atoms. The van der Waals surface area contributed by atoms with Crippen LogP contribution < -0.4 is 10.1 Å². The molecule has 9 nitrogen and oxygen atoms in total. The van der Waals surface area contributed by atoms with Crippen molar-refractivity contribution in [1.29, 1.82) is 0 Å². The highest BCUT2D eigenvalue weighted by Gasteiger charge is 2.50. The number of ether oxygens (including phenoxy) is 2. The van der Waals surface area contributed by atoms with Crippen molar-refractivity contribution >= 4 is 12.1 Å². The predicted octanol–water partition coefficient (Wildman–Crippen LogP) is 5.38. The van der Waals surface area contributed by atoms with Crippen LogP contribution in [0, 0.1) is 5.82 Å². The number of benzene rings is 1. The van der Waals surface area contributed by atoms with Crippen LogP contribution in [0.1, 0.15) is 18.9 Å². The molecule has 0 fully saturated rings. The summed E-state index contributed by atoms with van der Waals surface area (Å²) in [5.74, 6) is -0.671. The van der Waals surface area contributed by atoms with Crippen LogP contribution >= 0.6 is 0 Å². The third-order valence-electron chi connectivity index (χ3n) is 5.48. The average Bonchev–Trinajstić information content (AvgIpc) is 3.32. The van der Waals surface area contributed by atoms with Gasteiger partial charge in [0.15, 0.2) is 11.9 Å². The highest BCUT2D eigenvalue weighted by molar-refractivity contribution is 5.90. The van der Waals surface area contributed by atoms with E-state index in [-0.39, 0.29) is 28.3 Å². The van der Waals surface area contributed by atoms with Gasteiger partial charge in [-0.15, -0.1) is 0 Å². The molecule has 0 saturated heterocycles. The number of nitrogens with one attached hydrogen (secondary N) is 1. The molecule has 2 N–H and O–H groups in total. The fourth-order valence-corrected chi connectivity index (χ4v) is 3.73. The Morgan fingerprint density at radius 1 is 1.24 bits per heavy atom. The van der Waals surface area contributed by atoms with Gasteiger partial charge in [-0.1, -0.05) is 5.16 Å². The molecule has 1 aliphatic rings. The molecule has 1 aromatic carbocycles. The molecule has 0 aliphatic carbocycles. The van der Waals surface area contributed by atoms with Crippen LogP contribution in [0.5, 0.6) is 5.75 Å². The SMILES string of the molecule is C[C@@]1(c2cc(-c3cc(-c4ccc(OCC(F)F)cn4)no3)ccc2F)C[C@@H](C(F)(F)F)OC(NC(=O)O)=N1. The Morgan fingerprint density at radius 2 is 2.00 bits per heavy atom. The van der Waals surface area contributed by atoms with Crippen molar-refractivity contribution < 1.29 is 50.2 Å². The quantitative estimate of drug-likeness (QED) is 0.400. The van der Waals surface area contributed by atoms with E-state index < -0.39 is 55.2 Å². The average molecular weight is 544 g/mol. The molecule has 202 valence electrons. The Kier molecular flexibility index (Phi) is 7.20. The van der Waals surface area contributed by atoms with Crippen molar-refractivity contribution in [2.24, 2.45) is 4.99 Å². The van der Waals surface area contributed by atoms with Crippen LogP contribution in [0.2, 0.25) is 0 Å². The highest BCUT2D eigenvalue weighted by Crippen LogP contribution is 2.42. The second kappa shape index (κ2) is 10.2. The maximum atomic E-state index is 14.9. The van der Waals surface area contributed by atoms with Crippen molar-refractivity contribution in [3.63, 3.8) is 0 Å². The lowest BCUT2D eigenvalue weighted by Gasteiger charge is -2.36. The summed E-state index contributed by atoms with van der Waals surface area (Å²) in [6.45, 7) is 0.419. The summed E-state index contributed by atoms with van der Waals surface area (Å²) in [5.41, 5.74) is -1.38. The summed E-state index contributed by atoms with van der Waals surface area (Å²) in [6, 6.07) is 6.89. The largest absolute Gasteiger partial charge is 0.486 e. The van der Waals surface area contributed by atoms with Crippen LogP contribution in [-0.4, -0.2) is 52.7 Å². The Bertz CT molecular complexity index is 1340. The Balaban J connectivity index is 1.64. The van der Waals surface area contributed by atoms with Gasteiger partial charge in [-0.3, -0.25) is 4.98 Å². The lowest BCUT2D eigenvalue weighted by atomic mass is 9.84. The molecule has 2 atom stereocenters. The number of pyridine rings is 1. The van der Waals surface area contributed by atoms with E-state index in [4.69, 9.17) is 14.4 Å². The van der Waals surface area contributed by atoms with E-state index in [1.165, 1.54) is 43.5 Å². The third kappa shape index (κ3) is 5.98. The van der Waals surface area contributed by atoms with E-state index >= 15 is 0 Å². The van der Waals surface area contributed by atoms with Gasteiger partial charge >= 0.3 is 12.3 Å². The zero-order valence-corrected chi connectivity index (χ0v) is 19.3. The van der Waals surface area contributed by atoms with E-state index in [1.54, 1.807) is 5.32 Å². The van der Waals surface area contributed by atoms with Gasteiger partial charge in [0.1, 0.15) is 23.9 Å². The van der Waals surface area contributed by atoms with E-state index in [1.807, 2.05) is 0 Å². The van der Waals surface area contributed by atoms with E-state index in [2.05, 4.69) is 19.9 Å². The molecule has 2 aromatic heterocycles. The van der Waals surface area contributed by atoms with Gasteiger partial charge in [-0.25, -0.2) is 28.3 Å².